The Labute approximate surface area is 247 Å². The summed E-state index contributed by atoms with van der Waals surface area (Å²) in [6.07, 6.45) is 0.354. The average Bonchev–Trinajstić information content (AvgIpc) is 3.70. The van der Waals surface area contributed by atoms with Crippen molar-refractivity contribution < 1.29 is 28.2 Å². The lowest BCUT2D eigenvalue weighted by molar-refractivity contribution is -0.146. The Morgan fingerprint density at radius 3 is 2.34 bits per heavy atom. The topological polar surface area (TPSA) is 73.9 Å². The zero-order valence-electron chi connectivity index (χ0n) is 22.8. The SMILES string of the molecule is CCOC(=O)C1(c2ccc(-c3ccc(-c4sc(Cl)cc4NC(=O)O[C@H](C)c4ccc(F)cc4)cc3OC)cc2)CC1. The molecule has 1 aliphatic carbocycles. The number of amides is 1. The Balaban J connectivity index is 1.34. The molecule has 1 aliphatic rings. The van der Waals surface area contributed by atoms with Crippen LogP contribution in [0.5, 0.6) is 5.75 Å². The molecule has 0 aliphatic heterocycles. The molecule has 0 saturated heterocycles. The number of methoxy groups -OCH3 is 1. The van der Waals surface area contributed by atoms with E-state index in [0.717, 1.165) is 40.0 Å². The normalized spacial score (nSPS) is 14.2. The zero-order valence-corrected chi connectivity index (χ0v) is 24.4. The van der Waals surface area contributed by atoms with Crippen molar-refractivity contribution >= 4 is 40.7 Å². The van der Waals surface area contributed by atoms with Crippen LogP contribution in [-0.4, -0.2) is 25.8 Å². The zero-order chi connectivity index (χ0) is 29.1. The summed E-state index contributed by atoms with van der Waals surface area (Å²) in [6, 6.07) is 21.2. The third-order valence-electron chi connectivity index (χ3n) is 7.19. The number of thiophene rings is 1. The number of ether oxygens (including phenoxy) is 3. The largest absolute Gasteiger partial charge is 0.496 e. The highest BCUT2D eigenvalue weighted by Crippen LogP contribution is 2.50. The van der Waals surface area contributed by atoms with Gasteiger partial charge in [0.25, 0.3) is 0 Å². The van der Waals surface area contributed by atoms with Crippen LogP contribution >= 0.6 is 22.9 Å². The first-order valence-electron chi connectivity index (χ1n) is 13.2. The van der Waals surface area contributed by atoms with Gasteiger partial charge in [0.15, 0.2) is 0 Å². The quantitative estimate of drug-likeness (QED) is 0.196. The van der Waals surface area contributed by atoms with E-state index in [9.17, 15) is 14.0 Å². The summed E-state index contributed by atoms with van der Waals surface area (Å²) in [5.74, 6) is 0.120. The molecule has 1 amide bonds. The van der Waals surface area contributed by atoms with Crippen molar-refractivity contribution in [3.63, 3.8) is 0 Å². The van der Waals surface area contributed by atoms with E-state index in [1.54, 1.807) is 32.2 Å². The van der Waals surface area contributed by atoms with Gasteiger partial charge in [0, 0.05) is 5.56 Å². The minimum Gasteiger partial charge on any atom is -0.496 e. The van der Waals surface area contributed by atoms with E-state index in [0.29, 0.717) is 27.9 Å². The number of carbonyl (C=O) groups excluding carboxylic acids is 2. The molecule has 0 unspecified atom stereocenters. The summed E-state index contributed by atoms with van der Waals surface area (Å²) in [7, 11) is 1.60. The van der Waals surface area contributed by atoms with Crippen molar-refractivity contribution in [2.75, 3.05) is 19.0 Å². The molecule has 0 spiro atoms. The Morgan fingerprint density at radius 1 is 1.02 bits per heavy atom. The minimum absolute atomic E-state index is 0.164. The van der Waals surface area contributed by atoms with Gasteiger partial charge >= 0.3 is 12.1 Å². The van der Waals surface area contributed by atoms with Gasteiger partial charge in [-0.2, -0.15) is 0 Å². The van der Waals surface area contributed by atoms with Gasteiger partial charge in [-0.3, -0.25) is 10.1 Å². The van der Waals surface area contributed by atoms with Gasteiger partial charge in [0.05, 0.1) is 34.0 Å². The minimum atomic E-state index is -0.655. The Kier molecular flexibility index (Phi) is 8.33. The van der Waals surface area contributed by atoms with Gasteiger partial charge in [-0.1, -0.05) is 60.1 Å². The second kappa shape index (κ2) is 11.9. The van der Waals surface area contributed by atoms with Crippen LogP contribution in [0.15, 0.2) is 72.8 Å². The molecule has 212 valence electrons. The number of halogens is 2. The maximum Gasteiger partial charge on any atom is 0.412 e. The van der Waals surface area contributed by atoms with Crippen molar-refractivity contribution in [1.29, 1.82) is 0 Å². The van der Waals surface area contributed by atoms with Crippen molar-refractivity contribution in [3.05, 3.63) is 94.1 Å². The molecule has 1 fully saturated rings. The molecule has 6 nitrogen and oxygen atoms in total. The van der Waals surface area contributed by atoms with E-state index in [1.807, 2.05) is 49.4 Å². The fourth-order valence-corrected chi connectivity index (χ4v) is 5.99. The number of esters is 1. The van der Waals surface area contributed by atoms with Crippen LogP contribution in [0.25, 0.3) is 21.6 Å². The molecule has 1 aromatic heterocycles. The standard InChI is InChI=1S/C32H29ClFNO5S/c1-4-39-30(36)32(15-16-32)23-10-5-21(6-11-23)25-14-9-22(17-27(25)38-3)29-26(18-28(33)41-29)35-31(37)40-19(2)20-7-12-24(34)13-8-20/h5-14,17-19H,4,15-16H2,1-3H3,(H,35,37)/t19-/m1/s1. The molecule has 9 heteroatoms. The van der Waals surface area contributed by atoms with Crippen molar-refractivity contribution in [2.24, 2.45) is 0 Å². The molecule has 41 heavy (non-hydrogen) atoms. The molecule has 3 aromatic carbocycles. The van der Waals surface area contributed by atoms with E-state index in [-0.39, 0.29) is 11.8 Å². The maximum atomic E-state index is 13.2. The van der Waals surface area contributed by atoms with E-state index >= 15 is 0 Å². The summed E-state index contributed by atoms with van der Waals surface area (Å²) in [5.41, 5.74) is 4.24. The predicted molar refractivity (Wildman–Crippen MR) is 159 cm³/mol. The summed E-state index contributed by atoms with van der Waals surface area (Å²) in [5, 5.41) is 2.78. The molecule has 1 heterocycles. The van der Waals surface area contributed by atoms with Crippen LogP contribution < -0.4 is 10.1 Å². The lowest BCUT2D eigenvalue weighted by atomic mass is 9.93. The van der Waals surface area contributed by atoms with E-state index < -0.39 is 17.6 Å². The van der Waals surface area contributed by atoms with Gasteiger partial charge < -0.3 is 14.2 Å². The second-order valence-electron chi connectivity index (χ2n) is 9.81. The number of hydrogen-bond acceptors (Lipinski definition) is 6. The number of hydrogen-bond donors (Lipinski definition) is 1. The summed E-state index contributed by atoms with van der Waals surface area (Å²) in [6.45, 7) is 3.90. The molecule has 0 radical (unpaired) electrons. The molecule has 4 aromatic rings. The summed E-state index contributed by atoms with van der Waals surface area (Å²) < 4.78 is 30.3. The number of rotatable bonds is 9. The third kappa shape index (κ3) is 6.09. The highest BCUT2D eigenvalue weighted by atomic mass is 35.5. The molecule has 5 rings (SSSR count). The Hall–Kier alpha value is -3.88. The number of benzene rings is 3. The van der Waals surface area contributed by atoms with Crippen molar-refractivity contribution in [3.8, 4) is 27.3 Å². The van der Waals surface area contributed by atoms with Gasteiger partial charge in [0.2, 0.25) is 0 Å². The molecular formula is C32H29ClFNO5S. The van der Waals surface area contributed by atoms with E-state index in [2.05, 4.69) is 5.32 Å². The Morgan fingerprint density at radius 2 is 1.71 bits per heavy atom. The smallest absolute Gasteiger partial charge is 0.412 e. The van der Waals surface area contributed by atoms with Crippen molar-refractivity contribution in [2.45, 2.75) is 38.2 Å². The average molecular weight is 594 g/mol. The second-order valence-corrected chi connectivity index (χ2v) is 11.5. The predicted octanol–water partition coefficient (Wildman–Crippen LogP) is 8.79. The van der Waals surface area contributed by atoms with E-state index in [1.165, 1.54) is 23.5 Å². The van der Waals surface area contributed by atoms with Crippen LogP contribution in [0.1, 0.15) is 43.9 Å². The number of nitrogens with one attached hydrogen (secondary N) is 1. The van der Waals surface area contributed by atoms with Gasteiger partial charge in [-0.25, -0.2) is 9.18 Å². The monoisotopic (exact) mass is 593 g/mol. The highest BCUT2D eigenvalue weighted by molar-refractivity contribution is 7.20. The summed E-state index contributed by atoms with van der Waals surface area (Å²) >= 11 is 7.66. The molecule has 0 bridgehead atoms. The Bertz CT molecular complexity index is 1560. The summed E-state index contributed by atoms with van der Waals surface area (Å²) in [4.78, 5) is 25.9. The van der Waals surface area contributed by atoms with Crippen molar-refractivity contribution in [1.82, 2.24) is 0 Å². The van der Waals surface area contributed by atoms with Gasteiger partial charge in [-0.15, -0.1) is 11.3 Å². The van der Waals surface area contributed by atoms with E-state index in [4.69, 9.17) is 25.8 Å². The number of carbonyl (C=O) groups is 2. The van der Waals surface area contributed by atoms with Crippen LogP contribution in [0.4, 0.5) is 14.9 Å². The first kappa shape index (κ1) is 28.6. The fraction of sp³-hybridized carbons (Fsp3) is 0.250. The third-order valence-corrected chi connectivity index (χ3v) is 8.50. The molecule has 1 saturated carbocycles. The van der Waals surface area contributed by atoms with Gasteiger partial charge in [0.1, 0.15) is 17.7 Å². The highest BCUT2D eigenvalue weighted by Gasteiger charge is 2.52. The fourth-order valence-electron chi connectivity index (χ4n) is 4.81. The van der Waals surface area contributed by atoms with Crippen LogP contribution in [-0.2, 0) is 19.7 Å². The van der Waals surface area contributed by atoms with Gasteiger partial charge in [-0.05, 0) is 73.2 Å². The molecule has 1 atom stereocenters. The molecule has 1 N–H and O–H groups in total. The number of anilines is 1. The first-order chi connectivity index (χ1) is 19.7. The maximum absolute atomic E-state index is 13.2. The van der Waals surface area contributed by atoms with Crippen LogP contribution in [0.3, 0.4) is 0 Å². The first-order valence-corrected chi connectivity index (χ1v) is 14.4. The lowest BCUT2D eigenvalue weighted by Crippen LogP contribution is -2.23. The molecular weight excluding hydrogens is 565 g/mol. The van der Waals surface area contributed by atoms with Crippen LogP contribution in [0.2, 0.25) is 4.34 Å². The lowest BCUT2D eigenvalue weighted by Gasteiger charge is -2.16. The van der Waals surface area contributed by atoms with Crippen LogP contribution in [0, 0.1) is 5.82 Å².